The van der Waals surface area contributed by atoms with Crippen LogP contribution in [0.25, 0.3) is 5.69 Å². The van der Waals surface area contributed by atoms with E-state index < -0.39 is 12.5 Å². The van der Waals surface area contributed by atoms with E-state index in [-0.39, 0.29) is 11.4 Å². The smallest absolute Gasteiger partial charge is 0.320 e. The normalized spacial score (nSPS) is 11.3. The average molecular weight is 545 g/mol. The molecule has 9 nitrogen and oxygen atoms in total. The quantitative estimate of drug-likeness (QED) is 0.261. The van der Waals surface area contributed by atoms with E-state index in [9.17, 15) is 9.59 Å². The molecule has 2 heterocycles. The molecule has 11 heteroatoms. The molecule has 37 heavy (non-hydrogen) atoms. The number of aryl methyl sites for hydroxylation is 1. The monoisotopic (exact) mass is 544 g/mol. The van der Waals surface area contributed by atoms with Crippen molar-refractivity contribution in [3.63, 3.8) is 0 Å². The molecule has 0 aliphatic heterocycles. The van der Waals surface area contributed by atoms with Gasteiger partial charge >= 0.3 is 6.03 Å². The molecule has 3 amide bonds. The Balaban J connectivity index is 1.43. The molecule has 3 aromatic rings. The summed E-state index contributed by atoms with van der Waals surface area (Å²) in [7, 11) is 0. The largest absolute Gasteiger partial charge is 0.387 e. The van der Waals surface area contributed by atoms with Crippen LogP contribution >= 0.6 is 23.4 Å². The van der Waals surface area contributed by atoms with Crippen LogP contribution in [-0.2, 0) is 16.6 Å². The lowest BCUT2D eigenvalue weighted by molar-refractivity contribution is -0.118. The first-order chi connectivity index (χ1) is 17.7. The number of benzene rings is 1. The number of nitrogens with one attached hydrogen (secondary N) is 3. The number of carbonyl (C=O) groups is 2. The maximum atomic E-state index is 12.6. The minimum atomic E-state index is -0.571. The van der Waals surface area contributed by atoms with Crippen LogP contribution in [0, 0.1) is 0 Å². The van der Waals surface area contributed by atoms with Crippen molar-refractivity contribution in [3.8, 4) is 5.69 Å². The zero-order valence-electron chi connectivity index (χ0n) is 21.3. The summed E-state index contributed by atoms with van der Waals surface area (Å²) in [5.74, 6) is 2.25. The summed E-state index contributed by atoms with van der Waals surface area (Å²) in [6, 6.07) is 12.6. The zero-order chi connectivity index (χ0) is 26.8. The second-order valence-electron chi connectivity index (χ2n) is 9.41. The van der Waals surface area contributed by atoms with Gasteiger partial charge in [-0.2, -0.15) is 16.9 Å². The number of carbonyl (C=O) groups excluding carboxylic acids is 2. The third kappa shape index (κ3) is 9.07. The number of pyridine rings is 1. The molecular weight excluding hydrogens is 512 g/mol. The number of amides is 3. The fourth-order valence-electron chi connectivity index (χ4n) is 3.37. The topological polar surface area (TPSA) is 121 Å². The average Bonchev–Trinajstić information content (AvgIpc) is 3.28. The lowest BCUT2D eigenvalue weighted by Gasteiger charge is -2.14. The third-order valence-electron chi connectivity index (χ3n) is 5.31. The predicted molar refractivity (Wildman–Crippen MR) is 150 cm³/mol. The summed E-state index contributed by atoms with van der Waals surface area (Å²) < 4.78 is 1.71. The van der Waals surface area contributed by atoms with Gasteiger partial charge in [-0.25, -0.2) is 14.5 Å². The highest BCUT2D eigenvalue weighted by Crippen LogP contribution is 2.26. The van der Waals surface area contributed by atoms with Gasteiger partial charge in [0.1, 0.15) is 18.2 Å². The van der Waals surface area contributed by atoms with E-state index >= 15 is 0 Å². The van der Waals surface area contributed by atoms with Crippen molar-refractivity contribution in [1.29, 1.82) is 0 Å². The minimum Gasteiger partial charge on any atom is -0.387 e. The van der Waals surface area contributed by atoms with Crippen molar-refractivity contribution in [2.75, 3.05) is 35.3 Å². The molecule has 0 bridgehead atoms. The highest BCUT2D eigenvalue weighted by atomic mass is 35.5. The Morgan fingerprint density at radius 1 is 1.08 bits per heavy atom. The fourth-order valence-corrected chi connectivity index (χ4v) is 4.30. The maximum Gasteiger partial charge on any atom is 0.320 e. The molecule has 0 radical (unpaired) electrons. The highest BCUT2D eigenvalue weighted by molar-refractivity contribution is 7.99. The lowest BCUT2D eigenvalue weighted by Crippen LogP contribution is -2.31. The predicted octanol–water partition coefficient (Wildman–Crippen LogP) is 4.64. The Morgan fingerprint density at radius 2 is 1.84 bits per heavy atom. The second kappa shape index (κ2) is 13.5. The van der Waals surface area contributed by atoms with Gasteiger partial charge in [0.25, 0.3) is 5.91 Å². The van der Waals surface area contributed by atoms with Gasteiger partial charge in [-0.05, 0) is 60.6 Å². The van der Waals surface area contributed by atoms with Crippen LogP contribution in [0.15, 0.2) is 48.7 Å². The molecular formula is C26H33ClN6O3S. The number of thioether (sulfide) groups is 1. The van der Waals surface area contributed by atoms with Crippen molar-refractivity contribution in [2.24, 2.45) is 0 Å². The molecule has 0 saturated carbocycles. The zero-order valence-corrected chi connectivity index (χ0v) is 22.8. The first-order valence-electron chi connectivity index (χ1n) is 12.0. The van der Waals surface area contributed by atoms with Gasteiger partial charge in [-0.3, -0.25) is 10.1 Å². The van der Waals surface area contributed by atoms with Crippen LogP contribution in [0.4, 0.5) is 16.4 Å². The van der Waals surface area contributed by atoms with Crippen molar-refractivity contribution in [2.45, 2.75) is 39.0 Å². The second-order valence-corrected chi connectivity index (χ2v) is 11.1. The number of hydrogen-bond acceptors (Lipinski definition) is 6. The number of halogens is 1. The molecule has 1 aromatic carbocycles. The van der Waals surface area contributed by atoms with Gasteiger partial charge in [0, 0.05) is 35.0 Å². The van der Waals surface area contributed by atoms with Gasteiger partial charge in [0.15, 0.2) is 0 Å². The van der Waals surface area contributed by atoms with Gasteiger partial charge in [0.2, 0.25) is 0 Å². The lowest BCUT2D eigenvalue weighted by atomic mass is 9.92. The summed E-state index contributed by atoms with van der Waals surface area (Å²) in [5.41, 5.74) is 2.56. The van der Waals surface area contributed by atoms with E-state index in [1.54, 1.807) is 34.8 Å². The number of aromatic nitrogens is 3. The van der Waals surface area contributed by atoms with E-state index in [1.807, 2.05) is 30.3 Å². The molecule has 0 spiro atoms. The number of urea groups is 1. The number of hydrogen-bond donors (Lipinski definition) is 4. The number of anilines is 2. The van der Waals surface area contributed by atoms with E-state index in [4.69, 9.17) is 21.8 Å². The molecule has 2 aromatic heterocycles. The van der Waals surface area contributed by atoms with Crippen LogP contribution in [0.2, 0.25) is 5.02 Å². The van der Waals surface area contributed by atoms with Gasteiger partial charge in [-0.1, -0.05) is 32.4 Å². The van der Waals surface area contributed by atoms with Crippen molar-refractivity contribution in [1.82, 2.24) is 20.1 Å². The summed E-state index contributed by atoms with van der Waals surface area (Å²) in [6.45, 7) is 6.19. The molecule has 4 N–H and O–H groups in total. The number of aliphatic hydroxyl groups excluding tert-OH is 1. The summed E-state index contributed by atoms with van der Waals surface area (Å²) >= 11 is 7.78. The first-order valence-corrected chi connectivity index (χ1v) is 13.5. The Kier molecular flexibility index (Phi) is 10.4. The summed E-state index contributed by atoms with van der Waals surface area (Å²) in [6.07, 6.45) is 3.43. The van der Waals surface area contributed by atoms with Crippen molar-refractivity contribution < 1.29 is 14.7 Å². The highest BCUT2D eigenvalue weighted by Gasteiger charge is 2.21. The van der Waals surface area contributed by atoms with E-state index in [0.29, 0.717) is 23.2 Å². The molecule has 0 atom stereocenters. The summed E-state index contributed by atoms with van der Waals surface area (Å²) in [5, 5.41) is 22.5. The Hall–Kier alpha value is -3.08. The van der Waals surface area contributed by atoms with Crippen molar-refractivity contribution in [3.05, 3.63) is 64.9 Å². The SMILES string of the molecule is CC(C)(C)c1cc(NC(=O)NCCSCCCc2ccnc(NC(=O)CO)c2)n(-c2ccc(Cl)cc2)n1. The fraction of sp³-hybridized carbons (Fsp3) is 0.385. The van der Waals surface area contributed by atoms with Crippen LogP contribution in [0.1, 0.15) is 38.4 Å². The van der Waals surface area contributed by atoms with Gasteiger partial charge < -0.3 is 15.7 Å². The molecule has 0 unspecified atom stereocenters. The molecule has 0 fully saturated rings. The van der Waals surface area contributed by atoms with Crippen molar-refractivity contribution >= 4 is 46.9 Å². The van der Waals surface area contributed by atoms with Crippen LogP contribution in [-0.4, -0.2) is 56.5 Å². The van der Waals surface area contributed by atoms with Crippen LogP contribution in [0.3, 0.4) is 0 Å². The standard InChI is InChI=1S/C26H33ClN6O3S/c1-26(2,3)21-16-23(33(32-21)20-8-6-19(27)7-9-20)31-25(36)29-12-14-37-13-4-5-18-10-11-28-22(15-18)30-24(35)17-34/h6-11,15-16,34H,4-5,12-14,17H2,1-3H3,(H,28,30,35)(H2,29,31,36). The third-order valence-corrected chi connectivity index (χ3v) is 6.63. The number of rotatable bonds is 11. The van der Waals surface area contributed by atoms with Gasteiger partial charge in [-0.15, -0.1) is 0 Å². The molecule has 0 saturated heterocycles. The number of aliphatic hydroxyl groups is 1. The number of nitrogens with zero attached hydrogens (tertiary/aromatic N) is 3. The maximum absolute atomic E-state index is 12.6. The van der Waals surface area contributed by atoms with Crippen LogP contribution < -0.4 is 16.0 Å². The molecule has 3 rings (SSSR count). The van der Waals surface area contributed by atoms with E-state index in [0.717, 1.165) is 41.3 Å². The molecule has 198 valence electrons. The minimum absolute atomic E-state index is 0.174. The summed E-state index contributed by atoms with van der Waals surface area (Å²) in [4.78, 5) is 27.9. The Bertz CT molecular complexity index is 1190. The van der Waals surface area contributed by atoms with Gasteiger partial charge in [0.05, 0.1) is 11.4 Å². The van der Waals surface area contributed by atoms with Crippen LogP contribution in [0.5, 0.6) is 0 Å². The Labute approximate surface area is 226 Å². The Morgan fingerprint density at radius 3 is 2.54 bits per heavy atom. The van der Waals surface area contributed by atoms with E-state index in [1.165, 1.54) is 0 Å². The first kappa shape index (κ1) is 28.5. The molecule has 0 aliphatic carbocycles. The van der Waals surface area contributed by atoms with E-state index in [2.05, 4.69) is 41.7 Å². The molecule has 0 aliphatic rings.